The molecule has 6 heteroatoms. The highest BCUT2D eigenvalue weighted by atomic mass is 35.5. The van der Waals surface area contributed by atoms with E-state index in [9.17, 15) is 14.3 Å². The Labute approximate surface area is 135 Å². The molecule has 1 heterocycles. The number of carbonyl (C=O) groups excluding carboxylic acids is 1. The van der Waals surface area contributed by atoms with Crippen LogP contribution in [0, 0.1) is 11.2 Å². The average molecular weight is 329 g/mol. The number of aliphatic hydroxyl groups is 1. The molecule has 0 aromatic heterocycles. The first-order chi connectivity index (χ1) is 10.1. The molecule has 0 bridgehead atoms. The van der Waals surface area contributed by atoms with Crippen molar-refractivity contribution in [1.82, 2.24) is 4.90 Å². The third kappa shape index (κ3) is 3.70. The van der Waals surface area contributed by atoms with Crippen LogP contribution in [0.1, 0.15) is 33.6 Å². The largest absolute Gasteiger partial charge is 0.389 e. The van der Waals surface area contributed by atoms with E-state index in [1.807, 2.05) is 20.8 Å². The monoisotopic (exact) mass is 328 g/mol. The van der Waals surface area contributed by atoms with Gasteiger partial charge in [-0.15, -0.1) is 0 Å². The summed E-state index contributed by atoms with van der Waals surface area (Å²) in [4.78, 5) is 13.8. The first-order valence-corrected chi connectivity index (χ1v) is 7.73. The molecule has 2 N–H and O–H groups in total. The van der Waals surface area contributed by atoms with Crippen LogP contribution in [0.2, 0.25) is 5.02 Å². The number of hydrogen-bond acceptors (Lipinski definition) is 2. The SMILES string of the molecule is CC(C)(C)C1(O)CCN(C(=O)Nc2cc(F)cc(Cl)c2)CC1. The molecule has 1 aliphatic heterocycles. The van der Waals surface area contributed by atoms with Gasteiger partial charge in [-0.3, -0.25) is 0 Å². The van der Waals surface area contributed by atoms with Crippen LogP contribution in [0.25, 0.3) is 0 Å². The quantitative estimate of drug-likeness (QED) is 0.822. The van der Waals surface area contributed by atoms with Gasteiger partial charge in [-0.25, -0.2) is 9.18 Å². The van der Waals surface area contributed by atoms with E-state index in [1.54, 1.807) is 4.90 Å². The van der Waals surface area contributed by atoms with Gasteiger partial charge in [0.15, 0.2) is 0 Å². The molecule has 0 radical (unpaired) electrons. The Morgan fingerprint density at radius 3 is 2.41 bits per heavy atom. The number of urea groups is 1. The molecule has 0 atom stereocenters. The summed E-state index contributed by atoms with van der Waals surface area (Å²) in [5.74, 6) is -0.497. The normalized spacial score (nSPS) is 18.2. The minimum absolute atomic E-state index is 0.231. The molecule has 1 aromatic rings. The zero-order valence-corrected chi connectivity index (χ0v) is 13.9. The first-order valence-electron chi connectivity index (χ1n) is 7.35. The molecule has 22 heavy (non-hydrogen) atoms. The molecule has 0 spiro atoms. The third-order valence-corrected chi connectivity index (χ3v) is 4.61. The lowest BCUT2D eigenvalue weighted by atomic mass is 9.71. The van der Waals surface area contributed by atoms with Gasteiger partial charge in [-0.1, -0.05) is 32.4 Å². The summed E-state index contributed by atoms with van der Waals surface area (Å²) in [5, 5.41) is 13.5. The van der Waals surface area contributed by atoms with Crippen molar-refractivity contribution in [2.24, 2.45) is 5.41 Å². The van der Waals surface area contributed by atoms with Crippen molar-refractivity contribution in [2.45, 2.75) is 39.2 Å². The molecule has 1 fully saturated rings. The standard InChI is InChI=1S/C16H22ClFN2O2/c1-15(2,3)16(22)4-6-20(7-5-16)14(21)19-13-9-11(17)8-12(18)10-13/h8-10,22H,4-7H2,1-3H3,(H,19,21). The Balaban J connectivity index is 1.98. The van der Waals surface area contributed by atoms with E-state index in [2.05, 4.69) is 5.32 Å². The Bertz CT molecular complexity index is 544. The fraction of sp³-hybridized carbons (Fsp3) is 0.562. The zero-order valence-electron chi connectivity index (χ0n) is 13.1. The fourth-order valence-electron chi connectivity index (χ4n) is 2.66. The maximum atomic E-state index is 13.3. The van der Waals surface area contributed by atoms with E-state index in [4.69, 9.17) is 11.6 Å². The van der Waals surface area contributed by atoms with Gasteiger partial charge in [0.1, 0.15) is 5.82 Å². The van der Waals surface area contributed by atoms with Crippen LogP contribution in [0.4, 0.5) is 14.9 Å². The van der Waals surface area contributed by atoms with Gasteiger partial charge in [-0.2, -0.15) is 0 Å². The van der Waals surface area contributed by atoms with E-state index in [0.717, 1.165) is 0 Å². The molecule has 4 nitrogen and oxygen atoms in total. The molecule has 1 aliphatic rings. The molecular weight excluding hydrogens is 307 g/mol. The summed E-state index contributed by atoms with van der Waals surface area (Å²) in [6, 6.07) is 3.59. The predicted octanol–water partition coefficient (Wildman–Crippen LogP) is 3.88. The van der Waals surface area contributed by atoms with Gasteiger partial charge in [0.2, 0.25) is 0 Å². The Hall–Kier alpha value is -1.33. The molecule has 0 unspecified atom stereocenters. The second kappa shape index (κ2) is 6.05. The number of piperidine rings is 1. The summed E-state index contributed by atoms with van der Waals surface area (Å²) < 4.78 is 13.3. The van der Waals surface area contributed by atoms with Crippen molar-refractivity contribution in [3.05, 3.63) is 29.0 Å². The summed E-state index contributed by atoms with van der Waals surface area (Å²) in [7, 11) is 0. The van der Waals surface area contributed by atoms with Crippen molar-refractivity contribution in [3.63, 3.8) is 0 Å². The van der Waals surface area contributed by atoms with E-state index in [0.29, 0.717) is 31.6 Å². The van der Waals surface area contributed by atoms with Crippen LogP contribution in [0.15, 0.2) is 18.2 Å². The lowest BCUT2D eigenvalue weighted by molar-refractivity contribution is -0.0925. The maximum Gasteiger partial charge on any atom is 0.321 e. The number of halogens is 2. The van der Waals surface area contributed by atoms with E-state index >= 15 is 0 Å². The van der Waals surface area contributed by atoms with Gasteiger partial charge in [0.05, 0.1) is 5.60 Å². The number of rotatable bonds is 1. The molecule has 2 rings (SSSR count). The topological polar surface area (TPSA) is 52.6 Å². The number of nitrogens with one attached hydrogen (secondary N) is 1. The minimum Gasteiger partial charge on any atom is -0.389 e. The number of likely N-dealkylation sites (tertiary alicyclic amines) is 1. The van der Waals surface area contributed by atoms with Crippen LogP contribution in [0.5, 0.6) is 0 Å². The lowest BCUT2D eigenvalue weighted by Crippen LogP contribution is -2.53. The fourth-order valence-corrected chi connectivity index (χ4v) is 2.88. The van der Waals surface area contributed by atoms with Gasteiger partial charge < -0.3 is 15.3 Å². The molecule has 1 aromatic carbocycles. The second-order valence-corrected chi connectivity index (χ2v) is 7.29. The molecule has 2 amide bonds. The highest BCUT2D eigenvalue weighted by Crippen LogP contribution is 2.38. The van der Waals surface area contributed by atoms with E-state index in [-0.39, 0.29) is 16.5 Å². The molecule has 0 saturated carbocycles. The summed E-state index contributed by atoms with van der Waals surface area (Å²) in [6.07, 6.45) is 1.04. The number of anilines is 1. The van der Waals surface area contributed by atoms with E-state index in [1.165, 1.54) is 18.2 Å². The predicted molar refractivity (Wildman–Crippen MR) is 85.6 cm³/mol. The molecule has 122 valence electrons. The van der Waals surface area contributed by atoms with Crippen LogP contribution >= 0.6 is 11.6 Å². The summed E-state index contributed by atoms with van der Waals surface area (Å²) in [6.45, 7) is 6.91. The third-order valence-electron chi connectivity index (χ3n) is 4.39. The Kier molecular flexibility index (Phi) is 4.68. The second-order valence-electron chi connectivity index (χ2n) is 6.86. The van der Waals surface area contributed by atoms with Crippen molar-refractivity contribution in [1.29, 1.82) is 0 Å². The summed E-state index contributed by atoms with van der Waals surface area (Å²) >= 11 is 5.77. The Morgan fingerprint density at radius 1 is 1.32 bits per heavy atom. The molecule has 0 aliphatic carbocycles. The van der Waals surface area contributed by atoms with Crippen molar-refractivity contribution in [3.8, 4) is 0 Å². The first kappa shape index (κ1) is 17.0. The number of carbonyl (C=O) groups is 1. The van der Waals surface area contributed by atoms with Gasteiger partial charge in [0.25, 0.3) is 0 Å². The molecule has 1 saturated heterocycles. The highest BCUT2D eigenvalue weighted by molar-refractivity contribution is 6.30. The minimum atomic E-state index is -0.772. The average Bonchev–Trinajstić information content (AvgIpc) is 2.36. The number of nitrogens with zero attached hydrogens (tertiary/aromatic N) is 1. The molecular formula is C16H22ClFN2O2. The van der Waals surface area contributed by atoms with Crippen LogP contribution in [-0.2, 0) is 0 Å². The highest BCUT2D eigenvalue weighted by Gasteiger charge is 2.43. The lowest BCUT2D eigenvalue weighted by Gasteiger charge is -2.46. The van der Waals surface area contributed by atoms with E-state index < -0.39 is 11.4 Å². The van der Waals surface area contributed by atoms with Crippen molar-refractivity contribution >= 4 is 23.3 Å². The van der Waals surface area contributed by atoms with Crippen LogP contribution < -0.4 is 5.32 Å². The zero-order chi connectivity index (χ0) is 16.5. The summed E-state index contributed by atoms with van der Waals surface area (Å²) in [5.41, 5.74) is -0.677. The van der Waals surface area contributed by atoms with Gasteiger partial charge >= 0.3 is 6.03 Å². The van der Waals surface area contributed by atoms with Crippen LogP contribution in [0.3, 0.4) is 0 Å². The maximum absolute atomic E-state index is 13.3. The van der Waals surface area contributed by atoms with Crippen LogP contribution in [-0.4, -0.2) is 34.7 Å². The number of amides is 2. The Morgan fingerprint density at radius 2 is 1.91 bits per heavy atom. The van der Waals surface area contributed by atoms with Gasteiger partial charge in [-0.05, 0) is 36.5 Å². The number of benzene rings is 1. The number of hydrogen-bond donors (Lipinski definition) is 2. The smallest absolute Gasteiger partial charge is 0.321 e. The van der Waals surface area contributed by atoms with Gasteiger partial charge in [0, 0.05) is 23.8 Å². The van der Waals surface area contributed by atoms with Crippen molar-refractivity contribution < 1.29 is 14.3 Å². The van der Waals surface area contributed by atoms with Crippen molar-refractivity contribution in [2.75, 3.05) is 18.4 Å².